The molecule has 3 aromatic rings. The molecule has 0 aliphatic rings. The highest BCUT2D eigenvalue weighted by molar-refractivity contribution is 7.21. The average molecular weight is 385 g/mol. The Morgan fingerprint density at radius 1 is 1.09 bits per heavy atom. The van der Waals surface area contributed by atoms with E-state index in [-0.39, 0.29) is 5.91 Å². The highest BCUT2D eigenvalue weighted by atomic mass is 35.5. The zero-order valence-corrected chi connectivity index (χ0v) is 15.2. The van der Waals surface area contributed by atoms with Gasteiger partial charge in [-0.05, 0) is 36.2 Å². The first-order valence-electron chi connectivity index (χ1n) is 6.86. The second-order valence-electron chi connectivity index (χ2n) is 5.18. The fourth-order valence-corrected chi connectivity index (χ4v) is 4.08. The molecule has 2 aromatic carbocycles. The number of carbonyl (C=O) groups is 1. The second kappa shape index (κ2) is 6.70. The molecule has 0 aliphatic carbocycles. The summed E-state index contributed by atoms with van der Waals surface area (Å²) < 4.78 is 1.01. The van der Waals surface area contributed by atoms with E-state index in [0.717, 1.165) is 21.2 Å². The summed E-state index contributed by atoms with van der Waals surface area (Å²) in [6, 6.07) is 11.2. The minimum atomic E-state index is -0.195. The molecule has 0 atom stereocenters. The number of carbonyl (C=O) groups excluding carboxylic acids is 1. The number of aryl methyl sites for hydroxylation is 1. The van der Waals surface area contributed by atoms with E-state index in [4.69, 9.17) is 34.8 Å². The van der Waals surface area contributed by atoms with Crippen molar-refractivity contribution in [3.63, 3.8) is 0 Å². The molecule has 0 unspecified atom stereocenters. The Kier molecular flexibility index (Phi) is 4.83. The first kappa shape index (κ1) is 16.6. The Morgan fingerprint density at radius 2 is 1.87 bits per heavy atom. The number of amides is 1. The normalized spacial score (nSPS) is 11.0. The molecule has 0 spiro atoms. The van der Waals surface area contributed by atoms with Gasteiger partial charge in [-0.1, -0.05) is 53.0 Å². The molecule has 1 aromatic heterocycles. The van der Waals surface area contributed by atoms with Crippen LogP contribution in [0.5, 0.6) is 0 Å². The van der Waals surface area contributed by atoms with Crippen LogP contribution in [0.15, 0.2) is 36.4 Å². The minimum absolute atomic E-state index is 0.195. The molecule has 1 N–H and O–H groups in total. The third-order valence-corrected chi connectivity index (χ3v) is 5.82. The van der Waals surface area contributed by atoms with Crippen LogP contribution in [-0.4, -0.2) is 5.91 Å². The Bertz CT molecular complexity index is 904. The van der Waals surface area contributed by atoms with Gasteiger partial charge in [-0.2, -0.15) is 0 Å². The van der Waals surface area contributed by atoms with Gasteiger partial charge in [0, 0.05) is 16.6 Å². The van der Waals surface area contributed by atoms with E-state index in [1.165, 1.54) is 11.3 Å². The van der Waals surface area contributed by atoms with Crippen LogP contribution in [0.25, 0.3) is 10.1 Å². The van der Waals surface area contributed by atoms with Gasteiger partial charge in [0.25, 0.3) is 5.91 Å². The fraction of sp³-hybridized carbons (Fsp3) is 0.118. The van der Waals surface area contributed by atoms with Crippen molar-refractivity contribution in [1.82, 2.24) is 5.32 Å². The van der Waals surface area contributed by atoms with Gasteiger partial charge in [-0.3, -0.25) is 4.79 Å². The van der Waals surface area contributed by atoms with Crippen LogP contribution < -0.4 is 5.32 Å². The Labute approximate surface area is 153 Å². The lowest BCUT2D eigenvalue weighted by Crippen LogP contribution is -2.22. The second-order valence-corrected chi connectivity index (χ2v) is 7.42. The van der Waals surface area contributed by atoms with Crippen molar-refractivity contribution in [1.29, 1.82) is 0 Å². The molecule has 0 saturated heterocycles. The third-order valence-electron chi connectivity index (χ3n) is 3.43. The van der Waals surface area contributed by atoms with Crippen LogP contribution in [0, 0.1) is 6.92 Å². The van der Waals surface area contributed by atoms with Gasteiger partial charge in [0.1, 0.15) is 4.88 Å². The van der Waals surface area contributed by atoms with E-state index in [9.17, 15) is 4.79 Å². The Morgan fingerprint density at radius 3 is 2.61 bits per heavy atom. The smallest absolute Gasteiger partial charge is 0.263 e. The topological polar surface area (TPSA) is 29.1 Å². The van der Waals surface area contributed by atoms with Crippen molar-refractivity contribution in [2.75, 3.05) is 0 Å². The number of hydrogen-bond acceptors (Lipinski definition) is 2. The van der Waals surface area contributed by atoms with Crippen molar-refractivity contribution in [3.8, 4) is 0 Å². The predicted molar refractivity (Wildman–Crippen MR) is 99.2 cm³/mol. The molecular weight excluding hydrogens is 373 g/mol. The molecule has 0 saturated carbocycles. The molecular formula is C17H12Cl3NOS. The molecule has 6 heteroatoms. The lowest BCUT2D eigenvalue weighted by molar-refractivity contribution is 0.0955. The third kappa shape index (κ3) is 3.48. The zero-order valence-electron chi connectivity index (χ0n) is 12.1. The molecule has 0 bridgehead atoms. The SMILES string of the molecule is Cc1ccc2c(Cl)c(C(=O)NCc3ccc(Cl)c(Cl)c3)sc2c1. The van der Waals surface area contributed by atoms with Gasteiger partial charge in [0.05, 0.1) is 15.1 Å². The summed E-state index contributed by atoms with van der Waals surface area (Å²) in [5, 5.41) is 5.22. The van der Waals surface area contributed by atoms with E-state index < -0.39 is 0 Å². The summed E-state index contributed by atoms with van der Waals surface area (Å²) in [4.78, 5) is 12.9. The number of fused-ring (bicyclic) bond motifs is 1. The maximum absolute atomic E-state index is 12.4. The monoisotopic (exact) mass is 383 g/mol. The van der Waals surface area contributed by atoms with E-state index >= 15 is 0 Å². The first-order chi connectivity index (χ1) is 11.0. The van der Waals surface area contributed by atoms with Gasteiger partial charge >= 0.3 is 0 Å². The van der Waals surface area contributed by atoms with Crippen LogP contribution in [0.4, 0.5) is 0 Å². The Hall–Kier alpha value is -1.26. The lowest BCUT2D eigenvalue weighted by atomic mass is 10.2. The Balaban J connectivity index is 1.80. The van der Waals surface area contributed by atoms with E-state index in [1.54, 1.807) is 12.1 Å². The number of nitrogens with one attached hydrogen (secondary N) is 1. The zero-order chi connectivity index (χ0) is 16.6. The summed E-state index contributed by atoms with van der Waals surface area (Å²) in [7, 11) is 0. The van der Waals surface area contributed by atoms with Crippen molar-refractivity contribution in [3.05, 3.63) is 67.5 Å². The quantitative estimate of drug-likeness (QED) is 0.581. The average Bonchev–Trinajstić information content (AvgIpc) is 2.84. The molecule has 1 heterocycles. The number of rotatable bonds is 3. The van der Waals surface area contributed by atoms with Crippen molar-refractivity contribution < 1.29 is 4.79 Å². The number of benzene rings is 2. The van der Waals surface area contributed by atoms with Crippen LogP contribution in [-0.2, 0) is 6.54 Å². The van der Waals surface area contributed by atoms with Gasteiger partial charge in [-0.25, -0.2) is 0 Å². The molecule has 1 amide bonds. The highest BCUT2D eigenvalue weighted by Crippen LogP contribution is 2.35. The number of thiophene rings is 1. The first-order valence-corrected chi connectivity index (χ1v) is 8.81. The molecule has 3 rings (SSSR count). The van der Waals surface area contributed by atoms with Crippen LogP contribution >= 0.6 is 46.1 Å². The van der Waals surface area contributed by atoms with Crippen LogP contribution in [0.3, 0.4) is 0 Å². The standard InChI is InChI=1S/C17H12Cl3NOS/c1-9-2-4-11-14(6-9)23-16(15(11)20)17(22)21-8-10-3-5-12(18)13(19)7-10/h2-7H,8H2,1H3,(H,21,22). The summed E-state index contributed by atoms with van der Waals surface area (Å²) in [5.74, 6) is -0.195. The molecule has 2 nitrogen and oxygen atoms in total. The van der Waals surface area contributed by atoms with Gasteiger partial charge in [0.2, 0.25) is 0 Å². The fourth-order valence-electron chi connectivity index (χ4n) is 2.23. The largest absolute Gasteiger partial charge is 0.347 e. The summed E-state index contributed by atoms with van der Waals surface area (Å²) in [5.41, 5.74) is 2.01. The highest BCUT2D eigenvalue weighted by Gasteiger charge is 2.17. The minimum Gasteiger partial charge on any atom is -0.347 e. The molecule has 118 valence electrons. The molecule has 0 radical (unpaired) electrons. The number of halogens is 3. The van der Waals surface area contributed by atoms with Gasteiger partial charge < -0.3 is 5.32 Å². The van der Waals surface area contributed by atoms with Crippen molar-refractivity contribution in [2.45, 2.75) is 13.5 Å². The maximum Gasteiger partial charge on any atom is 0.263 e. The van der Waals surface area contributed by atoms with Crippen molar-refractivity contribution >= 4 is 62.1 Å². The van der Waals surface area contributed by atoms with Gasteiger partial charge in [0.15, 0.2) is 0 Å². The molecule has 23 heavy (non-hydrogen) atoms. The maximum atomic E-state index is 12.4. The molecule has 0 aliphatic heterocycles. The van der Waals surface area contributed by atoms with Crippen LogP contribution in [0.1, 0.15) is 20.8 Å². The predicted octanol–water partition coefficient (Wildman–Crippen LogP) is 6.10. The summed E-state index contributed by atoms with van der Waals surface area (Å²) in [6.45, 7) is 2.37. The van der Waals surface area contributed by atoms with E-state index in [1.807, 2.05) is 31.2 Å². The lowest BCUT2D eigenvalue weighted by Gasteiger charge is -2.05. The number of hydrogen-bond donors (Lipinski definition) is 1. The summed E-state index contributed by atoms with van der Waals surface area (Å²) >= 11 is 19.6. The van der Waals surface area contributed by atoms with Crippen LogP contribution in [0.2, 0.25) is 15.1 Å². The van der Waals surface area contributed by atoms with E-state index in [2.05, 4.69) is 5.32 Å². The molecule has 0 fully saturated rings. The van der Waals surface area contributed by atoms with E-state index in [0.29, 0.717) is 26.5 Å². The van der Waals surface area contributed by atoms with Gasteiger partial charge in [-0.15, -0.1) is 11.3 Å². The summed E-state index contributed by atoms with van der Waals surface area (Å²) in [6.07, 6.45) is 0. The van der Waals surface area contributed by atoms with Crippen molar-refractivity contribution in [2.24, 2.45) is 0 Å².